The van der Waals surface area contributed by atoms with E-state index >= 15 is 0 Å². The minimum atomic E-state index is -0.778. The minimum absolute atomic E-state index is 0.0115. The van der Waals surface area contributed by atoms with Gasteiger partial charge in [-0.05, 0) is 32.9 Å². The molecule has 2 rings (SSSR count). The Balaban J connectivity index is 2.02. The van der Waals surface area contributed by atoms with Crippen LogP contribution in [0.4, 0.5) is 14.5 Å². The average Bonchev–Trinajstić information content (AvgIpc) is 2.40. The van der Waals surface area contributed by atoms with Crippen molar-refractivity contribution < 1.29 is 18.3 Å². The molecule has 21 heavy (non-hydrogen) atoms. The highest BCUT2D eigenvalue weighted by Gasteiger charge is 2.29. The van der Waals surface area contributed by atoms with E-state index in [0.717, 1.165) is 12.1 Å². The number of amides is 1. The van der Waals surface area contributed by atoms with Gasteiger partial charge in [-0.3, -0.25) is 9.69 Å². The largest absolute Gasteiger partial charge is 0.373 e. The van der Waals surface area contributed by atoms with Crippen LogP contribution in [0, 0.1) is 11.6 Å². The Morgan fingerprint density at radius 1 is 1.33 bits per heavy atom. The zero-order valence-electron chi connectivity index (χ0n) is 12.4. The molecule has 1 aromatic rings. The van der Waals surface area contributed by atoms with Gasteiger partial charge in [-0.1, -0.05) is 0 Å². The standard InChI is InChI=1S/C15H20F2N2O2/c1-9-7-19(8-10(2)21-9)11(3)15(20)18-14-5-4-12(16)6-13(14)17/h4-6,9-11H,7-8H2,1-3H3,(H,18,20)/t9-,10-,11-/m1/s1. The first-order valence-electron chi connectivity index (χ1n) is 7.02. The summed E-state index contributed by atoms with van der Waals surface area (Å²) >= 11 is 0. The van der Waals surface area contributed by atoms with Crippen LogP contribution in [0.25, 0.3) is 0 Å². The van der Waals surface area contributed by atoms with Crippen LogP contribution in [0.2, 0.25) is 0 Å². The first kappa shape index (κ1) is 15.9. The maximum atomic E-state index is 13.6. The number of hydrogen-bond acceptors (Lipinski definition) is 3. The summed E-state index contributed by atoms with van der Waals surface area (Å²) in [6.07, 6.45) is 0.0955. The third kappa shape index (κ3) is 3.98. The first-order valence-corrected chi connectivity index (χ1v) is 7.02. The highest BCUT2D eigenvalue weighted by atomic mass is 19.1. The Morgan fingerprint density at radius 3 is 2.52 bits per heavy atom. The van der Waals surface area contributed by atoms with Crippen LogP contribution in [-0.4, -0.2) is 42.1 Å². The fourth-order valence-corrected chi connectivity index (χ4v) is 2.53. The van der Waals surface area contributed by atoms with Gasteiger partial charge in [0.2, 0.25) is 5.91 Å². The number of halogens is 2. The lowest BCUT2D eigenvalue weighted by atomic mass is 10.1. The van der Waals surface area contributed by atoms with Crippen molar-refractivity contribution in [1.29, 1.82) is 0 Å². The van der Waals surface area contributed by atoms with Gasteiger partial charge in [-0.15, -0.1) is 0 Å². The Bertz CT molecular complexity index is 514. The number of anilines is 1. The van der Waals surface area contributed by atoms with E-state index in [4.69, 9.17) is 4.74 Å². The van der Waals surface area contributed by atoms with Gasteiger partial charge >= 0.3 is 0 Å². The smallest absolute Gasteiger partial charge is 0.241 e. The second-order valence-electron chi connectivity index (χ2n) is 5.50. The molecule has 1 saturated heterocycles. The van der Waals surface area contributed by atoms with Crippen LogP contribution in [0.3, 0.4) is 0 Å². The van der Waals surface area contributed by atoms with Gasteiger partial charge in [-0.25, -0.2) is 8.78 Å². The number of carbonyl (C=O) groups excluding carboxylic acids is 1. The van der Waals surface area contributed by atoms with Crippen molar-refractivity contribution in [3.63, 3.8) is 0 Å². The number of benzene rings is 1. The molecule has 0 aliphatic carbocycles. The van der Waals surface area contributed by atoms with E-state index in [1.165, 1.54) is 6.07 Å². The molecule has 1 N–H and O–H groups in total. The third-order valence-corrected chi connectivity index (χ3v) is 3.56. The van der Waals surface area contributed by atoms with E-state index in [2.05, 4.69) is 5.32 Å². The minimum Gasteiger partial charge on any atom is -0.373 e. The first-order chi connectivity index (χ1) is 9.86. The van der Waals surface area contributed by atoms with Gasteiger partial charge in [0.15, 0.2) is 0 Å². The molecule has 0 bridgehead atoms. The van der Waals surface area contributed by atoms with E-state index in [1.807, 2.05) is 18.7 Å². The molecule has 6 heteroatoms. The molecule has 0 spiro atoms. The van der Waals surface area contributed by atoms with E-state index in [9.17, 15) is 13.6 Å². The SMILES string of the molecule is C[C@@H]1CN([C@H](C)C(=O)Nc2ccc(F)cc2F)C[C@@H](C)O1. The van der Waals surface area contributed by atoms with Crippen molar-refractivity contribution in [2.45, 2.75) is 39.0 Å². The van der Waals surface area contributed by atoms with Crippen LogP contribution in [0.1, 0.15) is 20.8 Å². The van der Waals surface area contributed by atoms with E-state index in [0.29, 0.717) is 13.1 Å². The third-order valence-electron chi connectivity index (χ3n) is 3.56. The Kier molecular flexibility index (Phi) is 4.90. The van der Waals surface area contributed by atoms with Crippen molar-refractivity contribution in [3.8, 4) is 0 Å². The molecule has 1 aromatic carbocycles. The topological polar surface area (TPSA) is 41.6 Å². The van der Waals surface area contributed by atoms with E-state index in [-0.39, 0.29) is 23.8 Å². The number of morpholine rings is 1. The van der Waals surface area contributed by atoms with Crippen molar-refractivity contribution >= 4 is 11.6 Å². The average molecular weight is 298 g/mol. The van der Waals surface area contributed by atoms with E-state index in [1.54, 1.807) is 6.92 Å². The maximum absolute atomic E-state index is 13.6. The molecule has 4 nitrogen and oxygen atoms in total. The summed E-state index contributed by atoms with van der Waals surface area (Å²) < 4.78 is 32.0. The zero-order chi connectivity index (χ0) is 15.6. The molecule has 0 saturated carbocycles. The molecule has 0 unspecified atom stereocenters. The summed E-state index contributed by atoms with van der Waals surface area (Å²) in [5, 5.41) is 2.50. The summed E-state index contributed by atoms with van der Waals surface area (Å²) in [7, 11) is 0. The molecule has 1 amide bonds. The molecular weight excluding hydrogens is 278 g/mol. The van der Waals surface area contributed by atoms with Crippen LogP contribution in [0.5, 0.6) is 0 Å². The number of rotatable bonds is 3. The lowest BCUT2D eigenvalue weighted by Gasteiger charge is -2.38. The maximum Gasteiger partial charge on any atom is 0.241 e. The Labute approximate surface area is 123 Å². The van der Waals surface area contributed by atoms with Crippen LogP contribution < -0.4 is 5.32 Å². The van der Waals surface area contributed by atoms with Crippen molar-refractivity contribution in [1.82, 2.24) is 4.90 Å². The van der Waals surface area contributed by atoms with Gasteiger partial charge < -0.3 is 10.1 Å². The second-order valence-corrected chi connectivity index (χ2v) is 5.50. The molecule has 0 aromatic heterocycles. The van der Waals surface area contributed by atoms with E-state index < -0.39 is 17.7 Å². The lowest BCUT2D eigenvalue weighted by molar-refractivity contribution is -0.126. The molecule has 0 radical (unpaired) electrons. The van der Waals surface area contributed by atoms with Crippen molar-refractivity contribution in [3.05, 3.63) is 29.8 Å². The predicted molar refractivity (Wildman–Crippen MR) is 76.0 cm³/mol. The number of hydrogen-bond donors (Lipinski definition) is 1. The summed E-state index contributed by atoms with van der Waals surface area (Å²) in [6.45, 7) is 6.96. The summed E-state index contributed by atoms with van der Waals surface area (Å²) in [4.78, 5) is 14.2. The quantitative estimate of drug-likeness (QED) is 0.931. The van der Waals surface area contributed by atoms with Crippen LogP contribution >= 0.6 is 0 Å². The summed E-state index contributed by atoms with van der Waals surface area (Å²) in [5.74, 6) is -1.77. The summed E-state index contributed by atoms with van der Waals surface area (Å²) in [6, 6.07) is 2.67. The van der Waals surface area contributed by atoms with Gasteiger partial charge in [0, 0.05) is 19.2 Å². The predicted octanol–water partition coefficient (Wildman–Crippen LogP) is 2.40. The fourth-order valence-electron chi connectivity index (χ4n) is 2.53. The van der Waals surface area contributed by atoms with Gasteiger partial charge in [-0.2, -0.15) is 0 Å². The van der Waals surface area contributed by atoms with Gasteiger partial charge in [0.1, 0.15) is 11.6 Å². The van der Waals surface area contributed by atoms with Gasteiger partial charge in [0.25, 0.3) is 0 Å². The highest BCUT2D eigenvalue weighted by Crippen LogP contribution is 2.18. The van der Waals surface area contributed by atoms with Crippen molar-refractivity contribution in [2.75, 3.05) is 18.4 Å². The van der Waals surface area contributed by atoms with Crippen molar-refractivity contribution in [2.24, 2.45) is 0 Å². The normalized spacial score (nSPS) is 24.6. The molecule has 1 fully saturated rings. The number of nitrogens with one attached hydrogen (secondary N) is 1. The summed E-state index contributed by atoms with van der Waals surface area (Å²) in [5.41, 5.74) is -0.0115. The Hall–Kier alpha value is -1.53. The van der Waals surface area contributed by atoms with Crippen LogP contribution in [0.15, 0.2) is 18.2 Å². The molecule has 1 aliphatic heterocycles. The highest BCUT2D eigenvalue weighted by molar-refractivity contribution is 5.94. The second kappa shape index (κ2) is 6.49. The number of carbonyl (C=O) groups is 1. The fraction of sp³-hybridized carbons (Fsp3) is 0.533. The Morgan fingerprint density at radius 2 is 1.95 bits per heavy atom. The molecule has 1 aliphatic rings. The zero-order valence-corrected chi connectivity index (χ0v) is 12.4. The number of nitrogens with zero attached hydrogens (tertiary/aromatic N) is 1. The van der Waals surface area contributed by atoms with Gasteiger partial charge in [0.05, 0.1) is 23.9 Å². The monoisotopic (exact) mass is 298 g/mol. The molecular formula is C15H20F2N2O2. The molecule has 3 atom stereocenters. The van der Waals surface area contributed by atoms with Crippen LogP contribution in [-0.2, 0) is 9.53 Å². The number of ether oxygens (including phenoxy) is 1. The molecule has 116 valence electrons. The molecule has 1 heterocycles. The lowest BCUT2D eigenvalue weighted by Crippen LogP contribution is -2.52.